The third-order valence-electron chi connectivity index (χ3n) is 2.90. The van der Waals surface area contributed by atoms with Crippen LogP contribution in [0.5, 0.6) is 0 Å². The summed E-state index contributed by atoms with van der Waals surface area (Å²) in [5.41, 5.74) is 7.18. The van der Waals surface area contributed by atoms with Crippen LogP contribution in [0.15, 0.2) is 6.20 Å². The van der Waals surface area contributed by atoms with Crippen molar-refractivity contribution < 1.29 is 4.74 Å². The quantitative estimate of drug-likeness (QED) is 0.828. The van der Waals surface area contributed by atoms with Gasteiger partial charge in [-0.3, -0.25) is 4.90 Å². The van der Waals surface area contributed by atoms with E-state index in [1.165, 1.54) is 0 Å². The second kappa shape index (κ2) is 4.84. The average molecular weight is 224 g/mol. The number of nitrogens with zero attached hydrogens (tertiary/aromatic N) is 3. The molecule has 2 heterocycles. The smallest absolute Gasteiger partial charge is 0.126 e. The van der Waals surface area contributed by atoms with Gasteiger partial charge in [0.1, 0.15) is 5.82 Å². The maximum atomic E-state index is 6.06. The molecule has 0 spiro atoms. The molecule has 2 rings (SSSR count). The fourth-order valence-electron chi connectivity index (χ4n) is 1.94. The molecule has 90 valence electrons. The molecule has 0 unspecified atom stereocenters. The first-order valence-corrected chi connectivity index (χ1v) is 5.80. The van der Waals surface area contributed by atoms with E-state index in [2.05, 4.69) is 23.8 Å². The Morgan fingerprint density at radius 3 is 2.69 bits per heavy atom. The van der Waals surface area contributed by atoms with Gasteiger partial charge in [-0.15, -0.1) is 0 Å². The Morgan fingerprint density at radius 1 is 1.44 bits per heavy atom. The minimum Gasteiger partial charge on any atom is -0.384 e. The molecule has 5 nitrogen and oxygen atoms in total. The minimum atomic E-state index is 0.318. The molecule has 1 fully saturated rings. The van der Waals surface area contributed by atoms with Gasteiger partial charge in [0.05, 0.1) is 19.4 Å². The average Bonchev–Trinajstić information content (AvgIpc) is 2.62. The number of nitrogen functional groups attached to an aromatic ring is 1. The molecule has 0 atom stereocenters. The van der Waals surface area contributed by atoms with Gasteiger partial charge in [-0.05, 0) is 13.8 Å². The highest BCUT2D eigenvalue weighted by atomic mass is 16.5. The van der Waals surface area contributed by atoms with Crippen LogP contribution in [0.1, 0.15) is 25.5 Å². The number of hydrogen-bond acceptors (Lipinski definition) is 4. The Labute approximate surface area is 96.2 Å². The molecular weight excluding hydrogens is 204 g/mol. The summed E-state index contributed by atoms with van der Waals surface area (Å²) in [5.74, 6) is 0.793. The number of rotatable bonds is 3. The first-order chi connectivity index (χ1) is 7.68. The van der Waals surface area contributed by atoms with Crippen molar-refractivity contribution in [2.24, 2.45) is 0 Å². The Hall–Kier alpha value is -1.07. The fourth-order valence-corrected chi connectivity index (χ4v) is 1.94. The molecular formula is C11H20N4O. The van der Waals surface area contributed by atoms with E-state index in [9.17, 15) is 0 Å². The third kappa shape index (κ3) is 2.36. The number of hydrogen-bond donors (Lipinski definition) is 1. The third-order valence-corrected chi connectivity index (χ3v) is 2.90. The monoisotopic (exact) mass is 224 g/mol. The number of ether oxygens (including phenoxy) is 1. The molecule has 0 amide bonds. The van der Waals surface area contributed by atoms with E-state index in [0.29, 0.717) is 6.04 Å². The van der Waals surface area contributed by atoms with Crippen LogP contribution >= 0.6 is 0 Å². The highest BCUT2D eigenvalue weighted by Gasteiger charge is 2.15. The zero-order valence-corrected chi connectivity index (χ0v) is 10.0. The van der Waals surface area contributed by atoms with Crippen LogP contribution < -0.4 is 5.73 Å². The summed E-state index contributed by atoms with van der Waals surface area (Å²) in [6.45, 7) is 8.64. The van der Waals surface area contributed by atoms with E-state index in [1.807, 2.05) is 10.9 Å². The normalized spacial score (nSPS) is 18.2. The topological polar surface area (TPSA) is 56.3 Å². The van der Waals surface area contributed by atoms with Gasteiger partial charge in [0.25, 0.3) is 0 Å². The lowest BCUT2D eigenvalue weighted by atomic mass is 10.2. The van der Waals surface area contributed by atoms with Crippen LogP contribution in [0.25, 0.3) is 0 Å². The first-order valence-electron chi connectivity index (χ1n) is 5.80. The van der Waals surface area contributed by atoms with Crippen molar-refractivity contribution in [1.29, 1.82) is 0 Å². The summed E-state index contributed by atoms with van der Waals surface area (Å²) >= 11 is 0. The van der Waals surface area contributed by atoms with Crippen LogP contribution in [0, 0.1) is 0 Å². The van der Waals surface area contributed by atoms with Crippen molar-refractivity contribution in [2.45, 2.75) is 26.4 Å². The van der Waals surface area contributed by atoms with Gasteiger partial charge in [0.2, 0.25) is 0 Å². The molecule has 1 aliphatic rings. The van der Waals surface area contributed by atoms with Crippen molar-refractivity contribution in [3.8, 4) is 0 Å². The Morgan fingerprint density at radius 2 is 2.12 bits per heavy atom. The van der Waals surface area contributed by atoms with Crippen LogP contribution in [0.4, 0.5) is 5.82 Å². The Balaban J connectivity index is 2.03. The van der Waals surface area contributed by atoms with Crippen molar-refractivity contribution in [3.05, 3.63) is 11.8 Å². The lowest BCUT2D eigenvalue weighted by Crippen LogP contribution is -2.35. The summed E-state index contributed by atoms with van der Waals surface area (Å²) in [4.78, 5) is 2.35. The molecule has 5 heteroatoms. The highest BCUT2D eigenvalue weighted by molar-refractivity contribution is 5.38. The van der Waals surface area contributed by atoms with Gasteiger partial charge in [-0.25, -0.2) is 4.68 Å². The summed E-state index contributed by atoms with van der Waals surface area (Å²) in [7, 11) is 0. The van der Waals surface area contributed by atoms with Crippen molar-refractivity contribution in [3.63, 3.8) is 0 Å². The van der Waals surface area contributed by atoms with Crippen molar-refractivity contribution >= 4 is 5.82 Å². The van der Waals surface area contributed by atoms with Crippen LogP contribution in [0.2, 0.25) is 0 Å². The van der Waals surface area contributed by atoms with Crippen LogP contribution in [-0.4, -0.2) is 41.0 Å². The maximum absolute atomic E-state index is 6.06. The predicted octanol–water partition coefficient (Wildman–Crippen LogP) is 0.878. The van der Waals surface area contributed by atoms with E-state index in [4.69, 9.17) is 10.5 Å². The summed E-state index contributed by atoms with van der Waals surface area (Å²) in [6, 6.07) is 0.318. The molecule has 16 heavy (non-hydrogen) atoms. The second-order valence-corrected chi connectivity index (χ2v) is 4.48. The van der Waals surface area contributed by atoms with E-state index in [1.54, 1.807) is 0 Å². The predicted molar refractivity (Wildman–Crippen MR) is 63.1 cm³/mol. The molecule has 1 saturated heterocycles. The first kappa shape index (κ1) is 11.4. The standard InChI is InChI=1S/C11H20N4O/c1-9(2)15-11(12)10(7-13-15)8-14-3-5-16-6-4-14/h7,9H,3-6,8,12H2,1-2H3. The molecule has 2 N–H and O–H groups in total. The van der Waals surface area contributed by atoms with E-state index in [0.717, 1.165) is 44.2 Å². The van der Waals surface area contributed by atoms with E-state index < -0.39 is 0 Å². The number of aromatic nitrogens is 2. The second-order valence-electron chi connectivity index (χ2n) is 4.48. The molecule has 1 aromatic rings. The van der Waals surface area contributed by atoms with Gasteiger partial charge < -0.3 is 10.5 Å². The summed E-state index contributed by atoms with van der Waals surface area (Å²) < 4.78 is 7.19. The number of anilines is 1. The molecule has 0 bridgehead atoms. The van der Waals surface area contributed by atoms with E-state index in [-0.39, 0.29) is 0 Å². The fraction of sp³-hybridized carbons (Fsp3) is 0.727. The van der Waals surface area contributed by atoms with Crippen LogP contribution in [-0.2, 0) is 11.3 Å². The summed E-state index contributed by atoms with van der Waals surface area (Å²) in [5, 5.41) is 4.31. The molecule has 1 aliphatic heterocycles. The van der Waals surface area contributed by atoms with Crippen molar-refractivity contribution in [1.82, 2.24) is 14.7 Å². The largest absolute Gasteiger partial charge is 0.384 e. The van der Waals surface area contributed by atoms with Gasteiger partial charge in [-0.2, -0.15) is 5.10 Å². The minimum absolute atomic E-state index is 0.318. The Bertz CT molecular complexity index is 342. The molecule has 0 aliphatic carbocycles. The lowest BCUT2D eigenvalue weighted by Gasteiger charge is -2.26. The Kier molecular flexibility index (Phi) is 3.46. The van der Waals surface area contributed by atoms with Gasteiger partial charge in [-0.1, -0.05) is 0 Å². The van der Waals surface area contributed by atoms with Gasteiger partial charge in [0.15, 0.2) is 0 Å². The van der Waals surface area contributed by atoms with Gasteiger partial charge >= 0.3 is 0 Å². The highest BCUT2D eigenvalue weighted by Crippen LogP contribution is 2.18. The maximum Gasteiger partial charge on any atom is 0.126 e. The van der Waals surface area contributed by atoms with E-state index >= 15 is 0 Å². The lowest BCUT2D eigenvalue weighted by molar-refractivity contribution is 0.0342. The van der Waals surface area contributed by atoms with Crippen molar-refractivity contribution in [2.75, 3.05) is 32.0 Å². The summed E-state index contributed by atoms with van der Waals surface area (Å²) in [6.07, 6.45) is 1.88. The van der Waals surface area contributed by atoms with Gasteiger partial charge in [0, 0.05) is 31.2 Å². The molecule has 1 aromatic heterocycles. The molecule has 0 aromatic carbocycles. The molecule has 0 radical (unpaired) electrons. The zero-order valence-electron chi connectivity index (χ0n) is 10.0. The van der Waals surface area contributed by atoms with Crippen LogP contribution in [0.3, 0.4) is 0 Å². The number of morpholine rings is 1. The zero-order chi connectivity index (χ0) is 11.5. The SMILES string of the molecule is CC(C)n1ncc(CN2CCOCC2)c1N. The molecule has 0 saturated carbocycles. The number of nitrogens with two attached hydrogens (primary N) is 1.